The quantitative estimate of drug-likeness (QED) is 0.784. The molecule has 120 valence electrons. The first kappa shape index (κ1) is 16.8. The molecule has 1 aliphatic rings. The number of hydrogen-bond donors (Lipinski definition) is 2. The molecule has 1 aromatic carbocycles. The molecular weight excluding hydrogens is 302 g/mol. The zero-order valence-corrected chi connectivity index (χ0v) is 13.4. The van der Waals surface area contributed by atoms with Crippen LogP contribution in [0.25, 0.3) is 0 Å². The van der Waals surface area contributed by atoms with Crippen LogP contribution in [0.15, 0.2) is 29.2 Å². The molecule has 0 atom stereocenters. The number of rotatable bonds is 6. The molecule has 1 amide bonds. The third-order valence-electron chi connectivity index (χ3n) is 3.98. The predicted molar refractivity (Wildman–Crippen MR) is 85.0 cm³/mol. The first-order valence-electron chi connectivity index (χ1n) is 7.30. The van der Waals surface area contributed by atoms with Crippen LogP contribution in [-0.2, 0) is 14.3 Å². The molecule has 1 aliphatic heterocycles. The summed E-state index contributed by atoms with van der Waals surface area (Å²) in [6, 6.07) is 7.88. The fourth-order valence-electron chi connectivity index (χ4n) is 2.41. The van der Waals surface area contributed by atoms with Crippen LogP contribution in [0.4, 0.5) is 0 Å². The number of thioether (sulfide) groups is 1. The van der Waals surface area contributed by atoms with E-state index in [-0.39, 0.29) is 18.2 Å². The van der Waals surface area contributed by atoms with Crippen molar-refractivity contribution in [1.82, 2.24) is 5.32 Å². The first-order chi connectivity index (χ1) is 10.5. The van der Waals surface area contributed by atoms with Gasteiger partial charge in [-0.05, 0) is 31.4 Å². The molecule has 2 N–H and O–H groups in total. The van der Waals surface area contributed by atoms with Crippen molar-refractivity contribution in [2.45, 2.75) is 24.7 Å². The molecule has 22 heavy (non-hydrogen) atoms. The Morgan fingerprint density at radius 2 is 2.00 bits per heavy atom. The average Bonchev–Trinajstić information content (AvgIpc) is 2.53. The molecule has 0 aliphatic carbocycles. The van der Waals surface area contributed by atoms with Gasteiger partial charge in [-0.1, -0.05) is 18.2 Å². The van der Waals surface area contributed by atoms with Gasteiger partial charge in [-0.3, -0.25) is 9.59 Å². The van der Waals surface area contributed by atoms with Gasteiger partial charge in [0.1, 0.15) is 0 Å². The predicted octanol–water partition coefficient (Wildman–Crippen LogP) is 2.08. The topological polar surface area (TPSA) is 75.6 Å². The highest BCUT2D eigenvalue weighted by molar-refractivity contribution is 8.00. The minimum atomic E-state index is -0.888. The third kappa shape index (κ3) is 4.24. The summed E-state index contributed by atoms with van der Waals surface area (Å²) in [6.07, 6.45) is 0.876. The van der Waals surface area contributed by atoms with Crippen LogP contribution < -0.4 is 5.32 Å². The normalized spacial score (nSPS) is 17.0. The molecule has 1 fully saturated rings. The summed E-state index contributed by atoms with van der Waals surface area (Å²) in [5.41, 5.74) is 0.244. The van der Waals surface area contributed by atoms with Gasteiger partial charge < -0.3 is 15.2 Å². The summed E-state index contributed by atoms with van der Waals surface area (Å²) < 4.78 is 5.22. The van der Waals surface area contributed by atoms with Gasteiger partial charge in [0, 0.05) is 24.7 Å². The number of ether oxygens (including phenoxy) is 1. The number of hydrogen-bond acceptors (Lipinski definition) is 4. The van der Waals surface area contributed by atoms with Crippen LogP contribution in [-0.4, -0.2) is 42.5 Å². The molecule has 0 aromatic heterocycles. The Morgan fingerprint density at radius 1 is 1.32 bits per heavy atom. The zero-order valence-electron chi connectivity index (χ0n) is 12.6. The van der Waals surface area contributed by atoms with Crippen molar-refractivity contribution in [3.63, 3.8) is 0 Å². The Kier molecular flexibility index (Phi) is 5.85. The fourth-order valence-corrected chi connectivity index (χ4v) is 3.27. The van der Waals surface area contributed by atoms with Gasteiger partial charge in [-0.25, -0.2) is 0 Å². The molecule has 0 bridgehead atoms. The molecule has 2 rings (SSSR count). The van der Waals surface area contributed by atoms with Crippen molar-refractivity contribution in [3.8, 4) is 0 Å². The van der Waals surface area contributed by atoms with Crippen molar-refractivity contribution < 1.29 is 19.4 Å². The number of amides is 1. The minimum Gasteiger partial charge on any atom is -0.481 e. The number of carboxylic acids is 1. The Hall–Kier alpha value is -1.53. The number of carbonyl (C=O) groups is 2. The summed E-state index contributed by atoms with van der Waals surface area (Å²) in [6.45, 7) is 3.03. The number of nitrogens with one attached hydrogen (secondary N) is 1. The van der Waals surface area contributed by atoms with E-state index in [4.69, 9.17) is 4.74 Å². The Balaban J connectivity index is 1.84. The van der Waals surface area contributed by atoms with E-state index >= 15 is 0 Å². The maximum absolute atomic E-state index is 12.0. The van der Waals surface area contributed by atoms with Gasteiger partial charge in [0.15, 0.2) is 0 Å². The SMILES string of the molecule is Cc1ccccc1SCC(=O)NCC1(C(=O)O)CCOCC1. The van der Waals surface area contributed by atoms with Crippen LogP contribution in [0.1, 0.15) is 18.4 Å². The van der Waals surface area contributed by atoms with Gasteiger partial charge in [-0.15, -0.1) is 11.8 Å². The summed E-state index contributed by atoms with van der Waals surface area (Å²) in [4.78, 5) is 24.5. The second-order valence-electron chi connectivity index (χ2n) is 5.53. The number of benzene rings is 1. The fraction of sp³-hybridized carbons (Fsp3) is 0.500. The molecule has 0 radical (unpaired) electrons. The van der Waals surface area contributed by atoms with E-state index in [1.807, 2.05) is 31.2 Å². The van der Waals surface area contributed by atoms with Gasteiger partial charge in [-0.2, -0.15) is 0 Å². The maximum Gasteiger partial charge on any atom is 0.311 e. The number of carbonyl (C=O) groups excluding carboxylic acids is 1. The van der Waals surface area contributed by atoms with E-state index in [1.165, 1.54) is 11.8 Å². The summed E-state index contributed by atoms with van der Waals surface area (Å²) in [5.74, 6) is -0.708. The highest BCUT2D eigenvalue weighted by atomic mass is 32.2. The van der Waals surface area contributed by atoms with E-state index in [0.717, 1.165) is 10.5 Å². The largest absolute Gasteiger partial charge is 0.481 e. The summed E-state index contributed by atoms with van der Waals surface area (Å²) in [7, 11) is 0. The molecular formula is C16H21NO4S. The summed E-state index contributed by atoms with van der Waals surface area (Å²) >= 11 is 1.46. The molecule has 1 aromatic rings. The second kappa shape index (κ2) is 7.65. The van der Waals surface area contributed by atoms with Crippen molar-refractivity contribution in [3.05, 3.63) is 29.8 Å². The van der Waals surface area contributed by atoms with Crippen LogP contribution in [0.2, 0.25) is 0 Å². The third-order valence-corrected chi connectivity index (χ3v) is 5.16. The van der Waals surface area contributed by atoms with Crippen molar-refractivity contribution in [2.24, 2.45) is 5.41 Å². The highest BCUT2D eigenvalue weighted by Crippen LogP contribution is 2.30. The lowest BCUT2D eigenvalue weighted by atomic mass is 9.80. The highest BCUT2D eigenvalue weighted by Gasteiger charge is 2.40. The maximum atomic E-state index is 12.0. The molecule has 5 nitrogen and oxygen atoms in total. The number of aryl methyl sites for hydroxylation is 1. The molecule has 1 heterocycles. The van der Waals surface area contributed by atoms with E-state index < -0.39 is 11.4 Å². The zero-order chi connectivity index (χ0) is 16.0. The lowest BCUT2D eigenvalue weighted by molar-refractivity contribution is -0.154. The van der Waals surface area contributed by atoms with Gasteiger partial charge in [0.2, 0.25) is 5.91 Å². The monoisotopic (exact) mass is 323 g/mol. The Labute approximate surface area is 134 Å². The van der Waals surface area contributed by atoms with Crippen LogP contribution >= 0.6 is 11.8 Å². The van der Waals surface area contributed by atoms with Crippen molar-refractivity contribution >= 4 is 23.6 Å². The Morgan fingerprint density at radius 3 is 2.64 bits per heavy atom. The Bertz CT molecular complexity index is 541. The molecule has 0 unspecified atom stereocenters. The molecule has 6 heteroatoms. The number of carboxylic acid groups (broad SMARTS) is 1. The van der Waals surface area contributed by atoms with E-state index in [9.17, 15) is 14.7 Å². The first-order valence-corrected chi connectivity index (χ1v) is 8.28. The lowest BCUT2D eigenvalue weighted by Gasteiger charge is -2.33. The van der Waals surface area contributed by atoms with E-state index in [0.29, 0.717) is 26.1 Å². The van der Waals surface area contributed by atoms with Crippen molar-refractivity contribution in [1.29, 1.82) is 0 Å². The molecule has 1 saturated heterocycles. The lowest BCUT2D eigenvalue weighted by Crippen LogP contribution is -2.46. The van der Waals surface area contributed by atoms with Crippen LogP contribution in [0, 0.1) is 12.3 Å². The standard InChI is InChI=1S/C16H21NO4S/c1-12-4-2-3-5-13(12)22-10-14(18)17-11-16(15(19)20)6-8-21-9-7-16/h2-5H,6-11H2,1H3,(H,17,18)(H,19,20). The van der Waals surface area contributed by atoms with Crippen LogP contribution in [0.3, 0.4) is 0 Å². The second-order valence-corrected chi connectivity index (χ2v) is 6.55. The molecule has 0 spiro atoms. The smallest absolute Gasteiger partial charge is 0.311 e. The van der Waals surface area contributed by atoms with Gasteiger partial charge in [0.05, 0.1) is 11.2 Å². The van der Waals surface area contributed by atoms with Crippen molar-refractivity contribution in [2.75, 3.05) is 25.5 Å². The summed E-state index contributed by atoms with van der Waals surface area (Å²) in [5, 5.41) is 12.2. The molecule has 0 saturated carbocycles. The van der Waals surface area contributed by atoms with E-state index in [1.54, 1.807) is 0 Å². The minimum absolute atomic E-state index is 0.139. The van der Waals surface area contributed by atoms with Crippen LogP contribution in [0.5, 0.6) is 0 Å². The van der Waals surface area contributed by atoms with Gasteiger partial charge in [0.25, 0.3) is 0 Å². The van der Waals surface area contributed by atoms with Gasteiger partial charge >= 0.3 is 5.97 Å². The number of aliphatic carboxylic acids is 1. The average molecular weight is 323 g/mol. The van der Waals surface area contributed by atoms with E-state index in [2.05, 4.69) is 5.32 Å².